The molecule has 0 saturated carbocycles. The first-order chi connectivity index (χ1) is 14.4. The SMILES string of the molecule is CN=C(NCC1CCN(S(C)(=O)=O)CC1)N1CCN(CC(=O)N2CCCCC2)CC1. The molecule has 0 aromatic rings. The maximum absolute atomic E-state index is 12.5. The molecule has 9 nitrogen and oxygen atoms in total. The van der Waals surface area contributed by atoms with Crippen molar-refractivity contribution in [2.45, 2.75) is 32.1 Å². The summed E-state index contributed by atoms with van der Waals surface area (Å²) in [4.78, 5) is 23.5. The van der Waals surface area contributed by atoms with Gasteiger partial charge in [0.15, 0.2) is 5.96 Å². The van der Waals surface area contributed by atoms with Crippen LogP contribution in [0.4, 0.5) is 0 Å². The fraction of sp³-hybridized carbons (Fsp3) is 0.900. The minimum absolute atomic E-state index is 0.270. The Bertz CT molecular complexity index is 691. The summed E-state index contributed by atoms with van der Waals surface area (Å²) >= 11 is 0. The summed E-state index contributed by atoms with van der Waals surface area (Å²) in [5, 5.41) is 3.48. The van der Waals surface area contributed by atoms with Gasteiger partial charge in [0.25, 0.3) is 0 Å². The number of carbonyl (C=O) groups excluding carboxylic acids is 1. The summed E-state index contributed by atoms with van der Waals surface area (Å²) in [6, 6.07) is 0. The highest BCUT2D eigenvalue weighted by Crippen LogP contribution is 2.18. The van der Waals surface area contributed by atoms with Crippen LogP contribution >= 0.6 is 0 Å². The zero-order valence-corrected chi connectivity index (χ0v) is 19.4. The van der Waals surface area contributed by atoms with Crippen molar-refractivity contribution in [1.29, 1.82) is 0 Å². The van der Waals surface area contributed by atoms with Gasteiger partial charge in [-0.2, -0.15) is 0 Å². The molecule has 3 fully saturated rings. The predicted molar refractivity (Wildman–Crippen MR) is 119 cm³/mol. The number of aliphatic imine (C=N–C) groups is 1. The monoisotopic (exact) mass is 442 g/mol. The maximum atomic E-state index is 12.5. The van der Waals surface area contributed by atoms with E-state index in [0.29, 0.717) is 25.6 Å². The van der Waals surface area contributed by atoms with Crippen molar-refractivity contribution in [1.82, 2.24) is 24.3 Å². The average molecular weight is 443 g/mol. The second-order valence-electron chi connectivity index (χ2n) is 8.74. The topological polar surface area (TPSA) is 88.6 Å². The van der Waals surface area contributed by atoms with Crippen LogP contribution in [0.5, 0.6) is 0 Å². The van der Waals surface area contributed by atoms with Crippen LogP contribution in [0.2, 0.25) is 0 Å². The number of sulfonamides is 1. The fourth-order valence-electron chi connectivity index (χ4n) is 4.57. The smallest absolute Gasteiger partial charge is 0.236 e. The molecule has 1 amide bonds. The molecule has 3 aliphatic heterocycles. The molecule has 3 saturated heterocycles. The van der Waals surface area contributed by atoms with E-state index in [1.54, 1.807) is 11.4 Å². The Hall–Kier alpha value is -1.39. The van der Waals surface area contributed by atoms with E-state index in [0.717, 1.165) is 77.5 Å². The van der Waals surface area contributed by atoms with Crippen LogP contribution in [0.25, 0.3) is 0 Å². The van der Waals surface area contributed by atoms with E-state index in [1.165, 1.54) is 12.7 Å². The number of hydrogen-bond acceptors (Lipinski definition) is 5. The highest BCUT2D eigenvalue weighted by atomic mass is 32.2. The van der Waals surface area contributed by atoms with Gasteiger partial charge in [-0.15, -0.1) is 0 Å². The van der Waals surface area contributed by atoms with Crippen LogP contribution in [0.3, 0.4) is 0 Å². The molecule has 0 unspecified atom stereocenters. The third-order valence-electron chi connectivity index (χ3n) is 6.54. The molecule has 0 atom stereocenters. The standard InChI is InChI=1S/C20H38N6O3S/c1-21-20(22-16-18-6-10-26(11-7-18)30(2,28)29)25-14-12-23(13-15-25)17-19(27)24-8-4-3-5-9-24/h18H,3-17H2,1-2H3,(H,21,22). The predicted octanol–water partition coefficient (Wildman–Crippen LogP) is -0.136. The first-order valence-electron chi connectivity index (χ1n) is 11.3. The number of nitrogens with one attached hydrogen (secondary N) is 1. The number of amides is 1. The van der Waals surface area contributed by atoms with Crippen LogP contribution in [0.15, 0.2) is 4.99 Å². The summed E-state index contributed by atoms with van der Waals surface area (Å²) in [6.45, 7) is 7.84. The zero-order chi connectivity index (χ0) is 21.6. The lowest BCUT2D eigenvalue weighted by molar-refractivity contribution is -0.133. The Balaban J connectivity index is 1.37. The van der Waals surface area contributed by atoms with Crippen molar-refractivity contribution in [3.05, 3.63) is 0 Å². The molecule has 3 rings (SSSR count). The van der Waals surface area contributed by atoms with Gasteiger partial charge in [-0.3, -0.25) is 14.7 Å². The van der Waals surface area contributed by atoms with Crippen molar-refractivity contribution in [2.75, 3.05) is 78.8 Å². The molecule has 172 valence electrons. The summed E-state index contributed by atoms with van der Waals surface area (Å²) < 4.78 is 24.9. The van der Waals surface area contributed by atoms with Crippen LogP contribution in [-0.2, 0) is 14.8 Å². The second kappa shape index (κ2) is 10.8. The number of piperazine rings is 1. The lowest BCUT2D eigenvalue weighted by atomic mass is 9.98. The maximum Gasteiger partial charge on any atom is 0.236 e. The van der Waals surface area contributed by atoms with Crippen LogP contribution in [0, 0.1) is 5.92 Å². The van der Waals surface area contributed by atoms with Crippen molar-refractivity contribution in [3.8, 4) is 0 Å². The average Bonchev–Trinajstić information content (AvgIpc) is 2.75. The first kappa shape index (κ1) is 23.3. The Morgan fingerprint density at radius 2 is 1.57 bits per heavy atom. The van der Waals surface area contributed by atoms with Crippen LogP contribution in [-0.4, -0.2) is 118 Å². The Labute approximate surface area is 181 Å². The Kier molecular flexibility index (Phi) is 8.35. The van der Waals surface area contributed by atoms with E-state index in [9.17, 15) is 13.2 Å². The molecule has 0 aromatic carbocycles. The van der Waals surface area contributed by atoms with E-state index in [4.69, 9.17) is 0 Å². The second-order valence-corrected chi connectivity index (χ2v) is 10.7. The van der Waals surface area contributed by atoms with Gasteiger partial charge < -0.3 is 15.1 Å². The summed E-state index contributed by atoms with van der Waals surface area (Å²) in [6.07, 6.45) is 6.55. The van der Waals surface area contributed by atoms with Gasteiger partial charge in [0.2, 0.25) is 15.9 Å². The van der Waals surface area contributed by atoms with Crippen molar-refractivity contribution in [3.63, 3.8) is 0 Å². The van der Waals surface area contributed by atoms with Crippen molar-refractivity contribution in [2.24, 2.45) is 10.9 Å². The third kappa shape index (κ3) is 6.55. The molecule has 1 N–H and O–H groups in total. The number of nitrogens with zero attached hydrogens (tertiary/aromatic N) is 5. The summed E-state index contributed by atoms with van der Waals surface area (Å²) in [7, 11) is -1.27. The highest BCUT2D eigenvalue weighted by Gasteiger charge is 2.27. The lowest BCUT2D eigenvalue weighted by Gasteiger charge is -2.38. The molecule has 10 heteroatoms. The molecule has 0 radical (unpaired) electrons. The molecule has 0 aromatic heterocycles. The van der Waals surface area contributed by atoms with E-state index in [1.807, 2.05) is 4.90 Å². The molecule has 0 bridgehead atoms. The van der Waals surface area contributed by atoms with E-state index < -0.39 is 10.0 Å². The minimum Gasteiger partial charge on any atom is -0.356 e. The minimum atomic E-state index is -3.07. The number of hydrogen-bond donors (Lipinski definition) is 1. The van der Waals surface area contributed by atoms with Gasteiger partial charge >= 0.3 is 0 Å². The molecular formula is C20H38N6O3S. The lowest BCUT2D eigenvalue weighted by Crippen LogP contribution is -2.55. The van der Waals surface area contributed by atoms with Crippen LogP contribution in [0.1, 0.15) is 32.1 Å². The van der Waals surface area contributed by atoms with Gasteiger partial charge in [-0.1, -0.05) is 0 Å². The number of piperidine rings is 2. The van der Waals surface area contributed by atoms with Crippen molar-refractivity contribution < 1.29 is 13.2 Å². The molecule has 3 aliphatic rings. The number of guanidine groups is 1. The van der Waals surface area contributed by atoms with Gasteiger partial charge in [-0.05, 0) is 38.0 Å². The molecule has 30 heavy (non-hydrogen) atoms. The molecule has 0 aliphatic carbocycles. The zero-order valence-electron chi connectivity index (χ0n) is 18.6. The van der Waals surface area contributed by atoms with Gasteiger partial charge in [0.1, 0.15) is 0 Å². The van der Waals surface area contributed by atoms with Crippen molar-refractivity contribution >= 4 is 21.9 Å². The highest BCUT2D eigenvalue weighted by molar-refractivity contribution is 7.88. The molecule has 3 heterocycles. The Morgan fingerprint density at radius 3 is 2.13 bits per heavy atom. The molecule has 0 spiro atoms. The van der Waals surface area contributed by atoms with E-state index in [-0.39, 0.29) is 5.91 Å². The first-order valence-corrected chi connectivity index (χ1v) is 13.1. The summed E-state index contributed by atoms with van der Waals surface area (Å²) in [5.41, 5.74) is 0. The Morgan fingerprint density at radius 1 is 0.933 bits per heavy atom. The van der Waals surface area contributed by atoms with Crippen LogP contribution < -0.4 is 5.32 Å². The number of rotatable bonds is 5. The van der Waals surface area contributed by atoms with Gasteiger partial charge in [0, 0.05) is 66.0 Å². The van der Waals surface area contributed by atoms with Gasteiger partial charge in [-0.25, -0.2) is 12.7 Å². The largest absolute Gasteiger partial charge is 0.356 e. The van der Waals surface area contributed by atoms with E-state index >= 15 is 0 Å². The number of carbonyl (C=O) groups is 1. The molecular weight excluding hydrogens is 404 g/mol. The normalized spacial score (nSPS) is 23.6. The number of likely N-dealkylation sites (tertiary alicyclic amines) is 1. The fourth-order valence-corrected chi connectivity index (χ4v) is 5.44. The van der Waals surface area contributed by atoms with Gasteiger partial charge in [0.05, 0.1) is 12.8 Å². The summed E-state index contributed by atoms with van der Waals surface area (Å²) in [5.74, 6) is 1.64. The van der Waals surface area contributed by atoms with E-state index in [2.05, 4.69) is 20.1 Å². The third-order valence-corrected chi connectivity index (χ3v) is 7.85. The quantitative estimate of drug-likeness (QED) is 0.471.